The van der Waals surface area contributed by atoms with Gasteiger partial charge in [0.25, 0.3) is 0 Å². The first-order chi connectivity index (χ1) is 26.3. The average Bonchev–Trinajstić information content (AvgIpc) is 3.77. The second-order valence-corrected chi connectivity index (χ2v) is 14.8. The SMILES string of the molecule is c1ccc2c(-c3ccc(N(c4ccc(-n5c6ccccc6c6c7ccccc7ccc65)cc4)c4ccc5sc6ccccc6c5c4)cc3)cccc2c1. The van der Waals surface area contributed by atoms with Crippen LogP contribution in [0.5, 0.6) is 0 Å². The molecular weight excluding hydrogens is 661 g/mol. The largest absolute Gasteiger partial charge is 0.310 e. The van der Waals surface area contributed by atoms with Crippen molar-refractivity contribution in [1.29, 1.82) is 0 Å². The highest BCUT2D eigenvalue weighted by Gasteiger charge is 2.18. The lowest BCUT2D eigenvalue weighted by Crippen LogP contribution is -2.10. The summed E-state index contributed by atoms with van der Waals surface area (Å²) >= 11 is 1.86. The number of rotatable bonds is 5. The number of para-hydroxylation sites is 1. The van der Waals surface area contributed by atoms with Crippen LogP contribution in [0, 0.1) is 0 Å². The van der Waals surface area contributed by atoms with Crippen LogP contribution in [0.4, 0.5) is 17.1 Å². The van der Waals surface area contributed by atoms with Crippen LogP contribution >= 0.6 is 11.3 Å². The van der Waals surface area contributed by atoms with Crippen molar-refractivity contribution >= 4 is 91.9 Å². The van der Waals surface area contributed by atoms with Crippen LogP contribution < -0.4 is 4.90 Å². The van der Waals surface area contributed by atoms with Gasteiger partial charge in [-0.3, -0.25) is 0 Å². The van der Waals surface area contributed by atoms with Crippen LogP contribution in [-0.4, -0.2) is 4.57 Å². The number of aromatic nitrogens is 1. The smallest absolute Gasteiger partial charge is 0.0547 e. The van der Waals surface area contributed by atoms with Crippen molar-refractivity contribution in [3.63, 3.8) is 0 Å². The van der Waals surface area contributed by atoms with Crippen molar-refractivity contribution in [3.05, 3.63) is 194 Å². The molecule has 2 aromatic heterocycles. The fourth-order valence-electron chi connectivity index (χ4n) is 8.34. The van der Waals surface area contributed by atoms with Gasteiger partial charge in [0.15, 0.2) is 0 Å². The summed E-state index contributed by atoms with van der Waals surface area (Å²) in [7, 11) is 0. The lowest BCUT2D eigenvalue weighted by molar-refractivity contribution is 1.17. The zero-order valence-corrected chi connectivity index (χ0v) is 29.6. The fraction of sp³-hybridized carbons (Fsp3) is 0. The van der Waals surface area contributed by atoms with Gasteiger partial charge in [0.2, 0.25) is 0 Å². The molecule has 9 aromatic carbocycles. The van der Waals surface area contributed by atoms with Gasteiger partial charge in [0, 0.05) is 53.7 Å². The van der Waals surface area contributed by atoms with Crippen molar-refractivity contribution in [2.75, 3.05) is 4.90 Å². The molecule has 11 aromatic rings. The van der Waals surface area contributed by atoms with Crippen LogP contribution in [0.3, 0.4) is 0 Å². The lowest BCUT2D eigenvalue weighted by atomic mass is 9.98. The van der Waals surface area contributed by atoms with Gasteiger partial charge >= 0.3 is 0 Å². The summed E-state index contributed by atoms with van der Waals surface area (Å²) in [6, 6.07) is 71.0. The second-order valence-electron chi connectivity index (χ2n) is 13.7. The summed E-state index contributed by atoms with van der Waals surface area (Å²) in [5.41, 5.74) is 9.38. The van der Waals surface area contributed by atoms with Gasteiger partial charge in [-0.1, -0.05) is 121 Å². The molecule has 0 fully saturated rings. The van der Waals surface area contributed by atoms with Gasteiger partial charge in [-0.05, 0) is 105 Å². The van der Waals surface area contributed by atoms with Crippen LogP contribution in [0.1, 0.15) is 0 Å². The molecule has 248 valence electrons. The Hall–Kier alpha value is -6.68. The molecule has 53 heavy (non-hydrogen) atoms. The molecule has 0 aliphatic carbocycles. The second kappa shape index (κ2) is 11.9. The summed E-state index contributed by atoms with van der Waals surface area (Å²) in [4.78, 5) is 2.39. The molecule has 2 heterocycles. The molecule has 0 radical (unpaired) electrons. The zero-order valence-electron chi connectivity index (χ0n) is 28.8. The van der Waals surface area contributed by atoms with Crippen LogP contribution in [-0.2, 0) is 0 Å². The van der Waals surface area contributed by atoms with E-state index in [0.717, 1.165) is 22.7 Å². The van der Waals surface area contributed by atoms with E-state index in [9.17, 15) is 0 Å². The minimum atomic E-state index is 1.11. The molecule has 11 rings (SSSR count). The lowest BCUT2D eigenvalue weighted by Gasteiger charge is -2.26. The fourth-order valence-corrected chi connectivity index (χ4v) is 9.42. The topological polar surface area (TPSA) is 8.17 Å². The maximum atomic E-state index is 2.41. The van der Waals surface area contributed by atoms with E-state index in [1.54, 1.807) is 0 Å². The van der Waals surface area contributed by atoms with Gasteiger partial charge in [-0.15, -0.1) is 11.3 Å². The Labute approximate surface area is 311 Å². The van der Waals surface area contributed by atoms with E-state index in [1.165, 1.54) is 74.6 Å². The number of thiophene rings is 1. The zero-order chi connectivity index (χ0) is 34.9. The first-order valence-electron chi connectivity index (χ1n) is 18.1. The summed E-state index contributed by atoms with van der Waals surface area (Å²) in [6.07, 6.45) is 0. The van der Waals surface area contributed by atoms with Crippen molar-refractivity contribution in [1.82, 2.24) is 4.57 Å². The number of hydrogen-bond donors (Lipinski definition) is 0. The average molecular weight is 693 g/mol. The normalized spacial score (nSPS) is 11.8. The van der Waals surface area contributed by atoms with Crippen molar-refractivity contribution in [3.8, 4) is 16.8 Å². The van der Waals surface area contributed by atoms with E-state index in [4.69, 9.17) is 0 Å². The van der Waals surface area contributed by atoms with E-state index in [2.05, 4.69) is 204 Å². The van der Waals surface area contributed by atoms with E-state index in [1.807, 2.05) is 11.3 Å². The number of anilines is 3. The Balaban J connectivity index is 1.07. The number of nitrogens with zero attached hydrogens (tertiary/aromatic N) is 2. The van der Waals surface area contributed by atoms with Gasteiger partial charge < -0.3 is 9.47 Å². The molecule has 0 unspecified atom stereocenters. The quantitative estimate of drug-likeness (QED) is 0.174. The number of hydrogen-bond acceptors (Lipinski definition) is 2. The van der Waals surface area contributed by atoms with Crippen molar-refractivity contribution in [2.45, 2.75) is 0 Å². The summed E-state index contributed by atoms with van der Waals surface area (Å²) in [5, 5.41) is 10.2. The summed E-state index contributed by atoms with van der Waals surface area (Å²) < 4.78 is 5.03. The third-order valence-electron chi connectivity index (χ3n) is 10.8. The first kappa shape index (κ1) is 30.0. The standard InChI is InChI=1S/C50H32N2S/c1-3-13-40-33(10-1)12-9-17-41(40)35-20-23-36(24-21-35)51(39-29-31-49-45(32-39)43-15-6-8-19-48(43)53-49)37-25-27-38(28-26-37)52-46-18-7-5-16-44(46)50-42-14-4-2-11-34(42)22-30-47(50)52/h1-32H. The Kier molecular flexibility index (Phi) is 6.76. The highest BCUT2D eigenvalue weighted by molar-refractivity contribution is 7.25. The van der Waals surface area contributed by atoms with Gasteiger partial charge in [-0.2, -0.15) is 0 Å². The monoisotopic (exact) mass is 692 g/mol. The Morgan fingerprint density at radius 1 is 0.377 bits per heavy atom. The Morgan fingerprint density at radius 2 is 0.981 bits per heavy atom. The number of benzene rings is 9. The highest BCUT2D eigenvalue weighted by Crippen LogP contribution is 2.42. The molecule has 0 aliphatic heterocycles. The Bertz CT molecular complexity index is 3160. The predicted octanol–water partition coefficient (Wildman–Crippen LogP) is 14.6. The third-order valence-corrected chi connectivity index (χ3v) is 11.9. The summed E-state index contributed by atoms with van der Waals surface area (Å²) in [6.45, 7) is 0. The molecule has 3 heteroatoms. The Morgan fingerprint density at radius 3 is 1.79 bits per heavy atom. The minimum absolute atomic E-state index is 1.11. The highest BCUT2D eigenvalue weighted by atomic mass is 32.1. The summed E-state index contributed by atoms with van der Waals surface area (Å²) in [5.74, 6) is 0. The molecule has 0 amide bonds. The van der Waals surface area contributed by atoms with Crippen molar-refractivity contribution < 1.29 is 0 Å². The third kappa shape index (κ3) is 4.78. The van der Waals surface area contributed by atoms with Gasteiger partial charge in [0.1, 0.15) is 0 Å². The maximum Gasteiger partial charge on any atom is 0.0547 e. The van der Waals surface area contributed by atoms with Crippen LogP contribution in [0.15, 0.2) is 194 Å². The van der Waals surface area contributed by atoms with E-state index >= 15 is 0 Å². The number of fused-ring (bicyclic) bond motifs is 9. The molecule has 0 N–H and O–H groups in total. The van der Waals surface area contributed by atoms with Crippen LogP contribution in [0.2, 0.25) is 0 Å². The molecule has 0 aliphatic rings. The van der Waals surface area contributed by atoms with Crippen molar-refractivity contribution in [2.24, 2.45) is 0 Å². The first-order valence-corrected chi connectivity index (χ1v) is 18.9. The molecule has 0 atom stereocenters. The van der Waals surface area contributed by atoms with Gasteiger partial charge in [-0.25, -0.2) is 0 Å². The molecule has 0 saturated carbocycles. The maximum absolute atomic E-state index is 2.41. The molecular formula is C50H32N2S. The molecule has 0 saturated heterocycles. The van der Waals surface area contributed by atoms with Crippen LogP contribution in [0.25, 0.3) is 80.3 Å². The molecule has 0 spiro atoms. The molecule has 2 nitrogen and oxygen atoms in total. The minimum Gasteiger partial charge on any atom is -0.310 e. The van der Waals surface area contributed by atoms with Gasteiger partial charge in [0.05, 0.1) is 11.0 Å². The van der Waals surface area contributed by atoms with E-state index < -0.39 is 0 Å². The molecule has 0 bridgehead atoms. The van der Waals surface area contributed by atoms with E-state index in [-0.39, 0.29) is 0 Å². The van der Waals surface area contributed by atoms with E-state index in [0.29, 0.717) is 0 Å². The predicted molar refractivity (Wildman–Crippen MR) is 229 cm³/mol.